The number of hydrogen-bond acceptors (Lipinski definition) is 3. The van der Waals surface area contributed by atoms with Crippen LogP contribution in [0.3, 0.4) is 0 Å². The number of aromatic nitrogens is 2. The van der Waals surface area contributed by atoms with Crippen molar-refractivity contribution in [1.82, 2.24) is 14.9 Å². The Labute approximate surface area is 148 Å². The fraction of sp³-hybridized carbons (Fsp3) is 0.312. The van der Waals surface area contributed by atoms with Gasteiger partial charge >= 0.3 is 12.4 Å². The molecule has 0 atom stereocenters. The van der Waals surface area contributed by atoms with Crippen LogP contribution in [0.2, 0.25) is 0 Å². The summed E-state index contributed by atoms with van der Waals surface area (Å²) in [5.41, 5.74) is -3.88. The normalized spacial score (nSPS) is 12.1. The molecule has 0 unspecified atom stereocenters. The van der Waals surface area contributed by atoms with E-state index in [1.54, 1.807) is 6.92 Å². The number of rotatable bonds is 4. The number of aryl methyl sites for hydroxylation is 1. The number of carbonyl (C=O) groups is 1. The molecule has 0 saturated carbocycles. The zero-order valence-electron chi connectivity index (χ0n) is 13.8. The van der Waals surface area contributed by atoms with Gasteiger partial charge in [-0.15, -0.1) is 0 Å². The topological polar surface area (TPSA) is 64.0 Å². The zero-order chi connectivity index (χ0) is 20.4. The van der Waals surface area contributed by atoms with Gasteiger partial charge in [-0.3, -0.25) is 14.2 Å². The Kier molecular flexibility index (Phi) is 5.62. The molecule has 1 amide bonds. The van der Waals surface area contributed by atoms with Gasteiger partial charge < -0.3 is 5.32 Å². The van der Waals surface area contributed by atoms with E-state index in [4.69, 9.17) is 0 Å². The highest BCUT2D eigenvalue weighted by Gasteiger charge is 2.37. The molecule has 1 N–H and O–H groups in total. The van der Waals surface area contributed by atoms with Crippen LogP contribution < -0.4 is 10.9 Å². The van der Waals surface area contributed by atoms with E-state index in [9.17, 15) is 35.9 Å². The van der Waals surface area contributed by atoms with Crippen LogP contribution in [0.15, 0.2) is 35.4 Å². The average molecular weight is 393 g/mol. The predicted molar refractivity (Wildman–Crippen MR) is 82.0 cm³/mol. The Morgan fingerprint density at radius 1 is 1.04 bits per heavy atom. The maximum atomic E-state index is 12.8. The molecule has 0 bridgehead atoms. The first kappa shape index (κ1) is 20.5. The molecule has 0 aliphatic rings. The highest BCUT2D eigenvalue weighted by Crippen LogP contribution is 2.36. The van der Waals surface area contributed by atoms with Crippen LogP contribution in [-0.4, -0.2) is 22.0 Å². The minimum Gasteiger partial charge on any atom is -0.350 e. The number of amides is 1. The van der Waals surface area contributed by atoms with Crippen LogP contribution in [0.5, 0.6) is 0 Å². The first-order valence-corrected chi connectivity index (χ1v) is 7.48. The molecule has 2 rings (SSSR count). The first-order chi connectivity index (χ1) is 12.4. The SMILES string of the molecule is Cc1cc(=O)n(CCNC(=O)c2cc(C(F)(F)F)cc(C(F)(F)F)c2)cn1. The smallest absolute Gasteiger partial charge is 0.350 e. The average Bonchev–Trinajstić information content (AvgIpc) is 2.54. The molecule has 2 aromatic rings. The second-order valence-corrected chi connectivity index (χ2v) is 5.61. The highest BCUT2D eigenvalue weighted by atomic mass is 19.4. The number of nitrogens with zero attached hydrogens (tertiary/aromatic N) is 2. The number of hydrogen-bond donors (Lipinski definition) is 1. The van der Waals surface area contributed by atoms with E-state index in [1.165, 1.54) is 12.4 Å². The molecule has 0 aliphatic carbocycles. The molecule has 1 aromatic heterocycles. The van der Waals surface area contributed by atoms with Gasteiger partial charge in [0.05, 0.1) is 17.5 Å². The van der Waals surface area contributed by atoms with E-state index >= 15 is 0 Å². The van der Waals surface area contributed by atoms with Crippen LogP contribution in [-0.2, 0) is 18.9 Å². The van der Waals surface area contributed by atoms with Gasteiger partial charge in [-0.25, -0.2) is 4.98 Å². The molecule has 27 heavy (non-hydrogen) atoms. The summed E-state index contributed by atoms with van der Waals surface area (Å²) in [7, 11) is 0. The van der Waals surface area contributed by atoms with Crippen molar-refractivity contribution in [2.45, 2.75) is 25.8 Å². The van der Waals surface area contributed by atoms with Gasteiger partial charge in [0, 0.05) is 30.4 Å². The lowest BCUT2D eigenvalue weighted by Crippen LogP contribution is -2.31. The number of benzene rings is 1. The summed E-state index contributed by atoms with van der Waals surface area (Å²) < 4.78 is 78.0. The quantitative estimate of drug-likeness (QED) is 0.813. The van der Waals surface area contributed by atoms with Gasteiger partial charge in [0.25, 0.3) is 11.5 Å². The lowest BCUT2D eigenvalue weighted by molar-refractivity contribution is -0.143. The molecule has 0 saturated heterocycles. The molecular weight excluding hydrogens is 380 g/mol. The summed E-state index contributed by atoms with van der Waals surface area (Å²) in [6.07, 6.45) is -8.87. The van der Waals surface area contributed by atoms with Crippen LogP contribution in [0.25, 0.3) is 0 Å². The van der Waals surface area contributed by atoms with Crippen molar-refractivity contribution >= 4 is 5.91 Å². The van der Waals surface area contributed by atoms with Gasteiger partial charge in [0.1, 0.15) is 0 Å². The Bertz CT molecular complexity index is 870. The van der Waals surface area contributed by atoms with E-state index in [1.807, 2.05) is 0 Å². The third kappa shape index (κ3) is 5.31. The molecule has 0 aliphatic heterocycles. The summed E-state index contributed by atoms with van der Waals surface area (Å²) in [6, 6.07) is 1.85. The Hall–Kier alpha value is -2.85. The van der Waals surface area contributed by atoms with Crippen LogP contribution >= 0.6 is 0 Å². The number of halogens is 6. The fourth-order valence-electron chi connectivity index (χ4n) is 2.16. The second kappa shape index (κ2) is 7.41. The largest absolute Gasteiger partial charge is 0.416 e. The third-order valence-electron chi connectivity index (χ3n) is 3.50. The summed E-state index contributed by atoms with van der Waals surface area (Å²) in [4.78, 5) is 27.5. The van der Waals surface area contributed by atoms with Gasteiger partial charge in [-0.1, -0.05) is 0 Å². The van der Waals surface area contributed by atoms with Crippen LogP contribution in [0.4, 0.5) is 26.3 Å². The Morgan fingerprint density at radius 3 is 2.07 bits per heavy atom. The lowest BCUT2D eigenvalue weighted by atomic mass is 10.0. The van der Waals surface area contributed by atoms with Crippen molar-refractivity contribution in [3.8, 4) is 0 Å². The molecule has 0 spiro atoms. The summed E-state index contributed by atoms with van der Waals surface area (Å²) in [5.74, 6) is -1.13. The summed E-state index contributed by atoms with van der Waals surface area (Å²) in [5, 5.41) is 2.19. The van der Waals surface area contributed by atoms with Gasteiger partial charge in [-0.05, 0) is 25.1 Å². The van der Waals surface area contributed by atoms with Crippen LogP contribution in [0, 0.1) is 6.92 Å². The van der Waals surface area contributed by atoms with Gasteiger partial charge in [0.15, 0.2) is 0 Å². The fourth-order valence-corrected chi connectivity index (χ4v) is 2.16. The summed E-state index contributed by atoms with van der Waals surface area (Å²) in [6.45, 7) is 1.35. The van der Waals surface area contributed by atoms with Crippen molar-refractivity contribution in [2.75, 3.05) is 6.54 Å². The first-order valence-electron chi connectivity index (χ1n) is 7.48. The van der Waals surface area contributed by atoms with E-state index in [2.05, 4.69) is 10.3 Å². The van der Waals surface area contributed by atoms with Crippen LogP contribution in [0.1, 0.15) is 27.2 Å². The number of carbonyl (C=O) groups excluding carboxylic acids is 1. The minimum absolute atomic E-state index is 0.0526. The van der Waals surface area contributed by atoms with E-state index in [0.29, 0.717) is 17.8 Å². The van der Waals surface area contributed by atoms with Crippen molar-refractivity contribution in [3.63, 3.8) is 0 Å². The van der Waals surface area contributed by atoms with Gasteiger partial charge in [0.2, 0.25) is 0 Å². The zero-order valence-corrected chi connectivity index (χ0v) is 13.8. The monoisotopic (exact) mass is 393 g/mol. The van der Waals surface area contributed by atoms with E-state index in [-0.39, 0.29) is 19.2 Å². The second-order valence-electron chi connectivity index (χ2n) is 5.61. The van der Waals surface area contributed by atoms with Crippen molar-refractivity contribution in [1.29, 1.82) is 0 Å². The number of nitrogens with one attached hydrogen (secondary N) is 1. The Balaban J connectivity index is 2.18. The van der Waals surface area contributed by atoms with Crippen molar-refractivity contribution < 1.29 is 31.1 Å². The van der Waals surface area contributed by atoms with Crippen molar-refractivity contribution in [2.24, 2.45) is 0 Å². The molecule has 146 valence electrons. The third-order valence-corrected chi connectivity index (χ3v) is 3.50. The molecule has 5 nitrogen and oxygen atoms in total. The minimum atomic E-state index is -5.04. The lowest BCUT2D eigenvalue weighted by Gasteiger charge is -2.14. The van der Waals surface area contributed by atoms with Gasteiger partial charge in [-0.2, -0.15) is 26.3 Å². The van der Waals surface area contributed by atoms with E-state index in [0.717, 1.165) is 4.57 Å². The molecular formula is C16H13F6N3O2. The maximum Gasteiger partial charge on any atom is 0.416 e. The predicted octanol–water partition coefficient (Wildman–Crippen LogP) is 3.02. The summed E-state index contributed by atoms with van der Waals surface area (Å²) >= 11 is 0. The van der Waals surface area contributed by atoms with E-state index < -0.39 is 40.5 Å². The standard InChI is InChI=1S/C16H13F6N3O2/c1-9-4-13(26)25(8-24-9)3-2-23-14(27)10-5-11(15(17,18)19)7-12(6-10)16(20,21)22/h4-8H,2-3H2,1H3,(H,23,27). The highest BCUT2D eigenvalue weighted by molar-refractivity contribution is 5.94. The molecule has 1 aromatic carbocycles. The number of alkyl halides is 6. The molecule has 1 heterocycles. The molecule has 11 heteroatoms. The Morgan fingerprint density at radius 2 is 1.59 bits per heavy atom. The van der Waals surface area contributed by atoms with Crippen molar-refractivity contribution in [3.05, 3.63) is 63.3 Å². The molecule has 0 fully saturated rings. The molecule has 0 radical (unpaired) electrons. The maximum absolute atomic E-state index is 12.8.